The third-order valence-electron chi connectivity index (χ3n) is 4.15. The fraction of sp³-hybridized carbons (Fsp3) is 0.294. The first-order valence-corrected chi connectivity index (χ1v) is 8.83. The zero-order valence-electron chi connectivity index (χ0n) is 12.7. The van der Waals surface area contributed by atoms with Crippen LogP contribution in [0.25, 0.3) is 10.2 Å². The van der Waals surface area contributed by atoms with Gasteiger partial charge in [-0.25, -0.2) is 4.98 Å². The van der Waals surface area contributed by atoms with Crippen LogP contribution in [0.4, 0.5) is 11.5 Å². The van der Waals surface area contributed by atoms with Crippen LogP contribution in [0.15, 0.2) is 24.3 Å². The van der Waals surface area contributed by atoms with Crippen molar-refractivity contribution in [3.8, 4) is 5.75 Å². The lowest BCUT2D eigenvalue weighted by Crippen LogP contribution is -2.02. The molecule has 0 unspecified atom stereocenters. The van der Waals surface area contributed by atoms with Crippen LogP contribution in [-0.2, 0) is 12.8 Å². The Morgan fingerprint density at radius 2 is 2.00 bits per heavy atom. The fourth-order valence-electron chi connectivity index (χ4n) is 3.10. The molecular formula is C17H16ClN3OS. The van der Waals surface area contributed by atoms with Crippen LogP contribution in [0.2, 0.25) is 5.28 Å². The lowest BCUT2D eigenvalue weighted by Gasteiger charge is -2.14. The average molecular weight is 346 g/mol. The van der Waals surface area contributed by atoms with Gasteiger partial charge in [0.05, 0.1) is 18.2 Å². The van der Waals surface area contributed by atoms with Gasteiger partial charge in [-0.05, 0) is 55.0 Å². The summed E-state index contributed by atoms with van der Waals surface area (Å²) in [4.78, 5) is 11.3. The monoisotopic (exact) mass is 345 g/mol. The summed E-state index contributed by atoms with van der Waals surface area (Å²) in [6, 6.07) is 7.80. The fourth-order valence-corrected chi connectivity index (χ4v) is 4.58. The number of fused-ring (bicyclic) bond motifs is 3. The average Bonchev–Trinajstić information content (AvgIpc) is 2.93. The zero-order chi connectivity index (χ0) is 15.8. The zero-order valence-corrected chi connectivity index (χ0v) is 14.3. The second-order valence-electron chi connectivity index (χ2n) is 5.56. The first-order chi connectivity index (χ1) is 11.3. The van der Waals surface area contributed by atoms with Gasteiger partial charge >= 0.3 is 0 Å². The van der Waals surface area contributed by atoms with Gasteiger partial charge in [-0.1, -0.05) is 12.1 Å². The molecule has 1 aromatic carbocycles. The second-order valence-corrected chi connectivity index (χ2v) is 6.98. The number of para-hydroxylation sites is 2. The van der Waals surface area contributed by atoms with E-state index in [4.69, 9.17) is 16.3 Å². The Kier molecular flexibility index (Phi) is 3.83. The molecule has 2 aromatic heterocycles. The minimum Gasteiger partial charge on any atom is -0.495 e. The van der Waals surface area contributed by atoms with Crippen LogP contribution < -0.4 is 10.1 Å². The molecule has 0 spiro atoms. The van der Waals surface area contributed by atoms with Crippen molar-refractivity contribution in [2.75, 3.05) is 12.4 Å². The number of anilines is 2. The summed E-state index contributed by atoms with van der Waals surface area (Å²) in [5, 5.41) is 4.77. The first-order valence-electron chi connectivity index (χ1n) is 7.64. The molecule has 0 bridgehead atoms. The number of nitrogens with one attached hydrogen (secondary N) is 1. The molecule has 0 radical (unpaired) electrons. The standard InChI is InChI=1S/C17H16ClN3OS/c1-22-12-8-4-3-7-11(12)19-15-14-10-6-2-5-9-13(10)23-16(14)21-17(18)20-15/h3-4,7-8H,2,5-6,9H2,1H3,(H,19,20,21). The van der Waals surface area contributed by atoms with Crippen LogP contribution in [-0.4, -0.2) is 17.1 Å². The highest BCUT2D eigenvalue weighted by Gasteiger charge is 2.21. The van der Waals surface area contributed by atoms with Crippen molar-refractivity contribution in [3.63, 3.8) is 0 Å². The van der Waals surface area contributed by atoms with E-state index >= 15 is 0 Å². The van der Waals surface area contributed by atoms with E-state index in [0.717, 1.165) is 40.3 Å². The van der Waals surface area contributed by atoms with E-state index in [9.17, 15) is 0 Å². The van der Waals surface area contributed by atoms with E-state index in [1.807, 2.05) is 24.3 Å². The number of nitrogens with zero attached hydrogens (tertiary/aromatic N) is 2. The predicted molar refractivity (Wildman–Crippen MR) is 95.3 cm³/mol. The summed E-state index contributed by atoms with van der Waals surface area (Å²) >= 11 is 7.88. The minimum absolute atomic E-state index is 0.272. The number of thiophene rings is 1. The number of aromatic nitrogens is 2. The number of halogens is 1. The van der Waals surface area contributed by atoms with Crippen LogP contribution >= 0.6 is 22.9 Å². The molecule has 23 heavy (non-hydrogen) atoms. The lowest BCUT2D eigenvalue weighted by atomic mass is 9.97. The maximum atomic E-state index is 6.14. The molecule has 4 nitrogen and oxygen atoms in total. The molecule has 0 aliphatic heterocycles. The van der Waals surface area contributed by atoms with Crippen molar-refractivity contribution in [1.82, 2.24) is 9.97 Å². The quantitative estimate of drug-likeness (QED) is 0.680. The van der Waals surface area contributed by atoms with Gasteiger partial charge in [0, 0.05) is 4.88 Å². The maximum absolute atomic E-state index is 6.14. The molecule has 0 saturated heterocycles. The summed E-state index contributed by atoms with van der Waals surface area (Å²) in [5.41, 5.74) is 2.26. The number of methoxy groups -OCH3 is 1. The summed E-state index contributed by atoms with van der Waals surface area (Å²) < 4.78 is 5.42. The van der Waals surface area contributed by atoms with E-state index < -0.39 is 0 Å². The number of hydrogen-bond donors (Lipinski definition) is 1. The Hall–Kier alpha value is -1.85. The molecule has 0 amide bonds. The Bertz CT molecular complexity index is 878. The molecule has 0 saturated carbocycles. The number of benzene rings is 1. The van der Waals surface area contributed by atoms with Crippen molar-refractivity contribution in [2.24, 2.45) is 0 Å². The van der Waals surface area contributed by atoms with E-state index in [-0.39, 0.29) is 5.28 Å². The third-order valence-corrected chi connectivity index (χ3v) is 5.50. The van der Waals surface area contributed by atoms with Crippen LogP contribution in [0, 0.1) is 0 Å². The Morgan fingerprint density at radius 3 is 2.87 bits per heavy atom. The van der Waals surface area contributed by atoms with E-state index in [0.29, 0.717) is 0 Å². The van der Waals surface area contributed by atoms with E-state index in [1.54, 1.807) is 18.4 Å². The molecule has 1 N–H and O–H groups in total. The highest BCUT2D eigenvalue weighted by molar-refractivity contribution is 7.19. The van der Waals surface area contributed by atoms with Crippen molar-refractivity contribution >= 4 is 44.7 Å². The van der Waals surface area contributed by atoms with Crippen LogP contribution in [0.3, 0.4) is 0 Å². The predicted octanol–water partition coefficient (Wildman–Crippen LogP) is 4.98. The maximum Gasteiger partial charge on any atom is 0.225 e. The van der Waals surface area contributed by atoms with Crippen molar-refractivity contribution < 1.29 is 4.74 Å². The van der Waals surface area contributed by atoms with Crippen molar-refractivity contribution in [1.29, 1.82) is 0 Å². The minimum atomic E-state index is 0.272. The summed E-state index contributed by atoms with van der Waals surface area (Å²) in [5.74, 6) is 1.54. The molecule has 118 valence electrons. The SMILES string of the molecule is COc1ccccc1Nc1nc(Cl)nc2sc3c(c12)CCCC3. The lowest BCUT2D eigenvalue weighted by molar-refractivity contribution is 0.417. The highest BCUT2D eigenvalue weighted by Crippen LogP contribution is 2.40. The van der Waals surface area contributed by atoms with Crippen LogP contribution in [0.1, 0.15) is 23.3 Å². The smallest absolute Gasteiger partial charge is 0.225 e. The Morgan fingerprint density at radius 1 is 1.17 bits per heavy atom. The van der Waals surface area contributed by atoms with E-state index in [1.165, 1.54) is 23.3 Å². The van der Waals surface area contributed by atoms with Crippen LogP contribution in [0.5, 0.6) is 5.75 Å². The van der Waals surface area contributed by atoms with Gasteiger partial charge in [-0.2, -0.15) is 4.98 Å². The van der Waals surface area contributed by atoms with Gasteiger partial charge in [0.15, 0.2) is 0 Å². The molecular weight excluding hydrogens is 330 g/mol. The largest absolute Gasteiger partial charge is 0.495 e. The van der Waals surface area contributed by atoms with Gasteiger partial charge in [0.2, 0.25) is 5.28 Å². The normalized spacial score (nSPS) is 13.8. The van der Waals surface area contributed by atoms with Gasteiger partial charge in [0.25, 0.3) is 0 Å². The van der Waals surface area contributed by atoms with Gasteiger partial charge < -0.3 is 10.1 Å². The Balaban J connectivity index is 1.87. The number of aryl methyl sites for hydroxylation is 2. The van der Waals surface area contributed by atoms with Gasteiger partial charge in [-0.3, -0.25) is 0 Å². The Labute approximate surface area is 143 Å². The summed E-state index contributed by atoms with van der Waals surface area (Å²) in [7, 11) is 1.66. The summed E-state index contributed by atoms with van der Waals surface area (Å²) in [6.45, 7) is 0. The topological polar surface area (TPSA) is 47.0 Å². The molecule has 0 fully saturated rings. The van der Waals surface area contributed by atoms with Crippen molar-refractivity contribution in [2.45, 2.75) is 25.7 Å². The number of ether oxygens (including phenoxy) is 1. The molecule has 1 aliphatic carbocycles. The van der Waals surface area contributed by atoms with E-state index in [2.05, 4.69) is 15.3 Å². The molecule has 0 atom stereocenters. The second kappa shape index (κ2) is 5.98. The van der Waals surface area contributed by atoms with Crippen molar-refractivity contribution in [3.05, 3.63) is 40.0 Å². The molecule has 6 heteroatoms. The first kappa shape index (κ1) is 14.7. The molecule has 2 heterocycles. The number of rotatable bonds is 3. The molecule has 1 aliphatic rings. The number of hydrogen-bond acceptors (Lipinski definition) is 5. The van der Waals surface area contributed by atoms with Gasteiger partial charge in [-0.15, -0.1) is 11.3 Å². The third kappa shape index (κ3) is 2.64. The highest BCUT2D eigenvalue weighted by atomic mass is 35.5. The molecule has 3 aromatic rings. The summed E-state index contributed by atoms with van der Waals surface area (Å²) in [6.07, 6.45) is 4.68. The van der Waals surface area contributed by atoms with Gasteiger partial charge in [0.1, 0.15) is 16.4 Å². The molecule has 4 rings (SSSR count).